The molecular weight excluding hydrogens is 248 g/mol. The van der Waals surface area contributed by atoms with Gasteiger partial charge in [0.1, 0.15) is 6.10 Å². The fourth-order valence-electron chi connectivity index (χ4n) is 2.41. The standard InChI is InChI=1S/C17H16N2O/c1-11-7-13(10-18-9-11)17(20)16-8-12(2)14-5-3-4-6-15(14)19-16/h3-10,17,20H,1-2H3. The van der Waals surface area contributed by atoms with Gasteiger partial charge in [-0.1, -0.05) is 24.3 Å². The molecule has 1 atom stereocenters. The highest BCUT2D eigenvalue weighted by Crippen LogP contribution is 2.25. The van der Waals surface area contributed by atoms with Crippen molar-refractivity contribution in [2.24, 2.45) is 0 Å². The summed E-state index contributed by atoms with van der Waals surface area (Å²) in [4.78, 5) is 8.69. The largest absolute Gasteiger partial charge is 0.382 e. The fraction of sp³-hybridized carbons (Fsp3) is 0.176. The number of aliphatic hydroxyl groups is 1. The van der Waals surface area contributed by atoms with Gasteiger partial charge in [0.2, 0.25) is 0 Å². The Kier molecular flexibility index (Phi) is 3.20. The molecule has 0 fully saturated rings. The van der Waals surface area contributed by atoms with Gasteiger partial charge in [-0.2, -0.15) is 0 Å². The summed E-state index contributed by atoms with van der Waals surface area (Å²) in [5, 5.41) is 11.6. The second-order valence-electron chi connectivity index (χ2n) is 5.08. The van der Waals surface area contributed by atoms with Crippen molar-refractivity contribution in [1.29, 1.82) is 0 Å². The van der Waals surface area contributed by atoms with Crippen LogP contribution in [-0.2, 0) is 0 Å². The number of aromatic nitrogens is 2. The molecule has 0 spiro atoms. The van der Waals surface area contributed by atoms with E-state index in [9.17, 15) is 5.11 Å². The molecule has 0 aliphatic heterocycles. The molecule has 0 saturated carbocycles. The summed E-state index contributed by atoms with van der Waals surface area (Å²) in [6, 6.07) is 11.8. The summed E-state index contributed by atoms with van der Waals surface area (Å²) >= 11 is 0. The van der Waals surface area contributed by atoms with E-state index in [0.29, 0.717) is 5.69 Å². The number of benzene rings is 1. The van der Waals surface area contributed by atoms with Gasteiger partial charge < -0.3 is 5.11 Å². The number of para-hydroxylation sites is 1. The molecular formula is C17H16N2O. The van der Waals surface area contributed by atoms with E-state index >= 15 is 0 Å². The fourth-order valence-corrected chi connectivity index (χ4v) is 2.41. The van der Waals surface area contributed by atoms with Crippen LogP contribution in [0.3, 0.4) is 0 Å². The van der Waals surface area contributed by atoms with Gasteiger partial charge in [-0.3, -0.25) is 4.98 Å². The maximum atomic E-state index is 10.5. The van der Waals surface area contributed by atoms with Gasteiger partial charge in [-0.15, -0.1) is 0 Å². The summed E-state index contributed by atoms with van der Waals surface area (Å²) in [7, 11) is 0. The Morgan fingerprint density at radius 2 is 1.85 bits per heavy atom. The van der Waals surface area contributed by atoms with Crippen LogP contribution in [-0.4, -0.2) is 15.1 Å². The maximum Gasteiger partial charge on any atom is 0.122 e. The molecule has 0 bridgehead atoms. The van der Waals surface area contributed by atoms with Gasteiger partial charge in [0.15, 0.2) is 0 Å². The molecule has 3 nitrogen and oxygen atoms in total. The molecule has 3 heteroatoms. The number of aliphatic hydroxyl groups excluding tert-OH is 1. The van der Waals surface area contributed by atoms with E-state index in [1.807, 2.05) is 50.2 Å². The van der Waals surface area contributed by atoms with Gasteiger partial charge >= 0.3 is 0 Å². The number of fused-ring (bicyclic) bond motifs is 1. The molecule has 20 heavy (non-hydrogen) atoms. The van der Waals surface area contributed by atoms with Crippen molar-refractivity contribution in [2.75, 3.05) is 0 Å². The van der Waals surface area contributed by atoms with E-state index in [1.165, 1.54) is 0 Å². The molecule has 1 N–H and O–H groups in total. The maximum absolute atomic E-state index is 10.5. The quantitative estimate of drug-likeness (QED) is 0.772. The molecule has 0 aliphatic carbocycles. The Bertz CT molecular complexity index is 768. The molecule has 2 heterocycles. The number of pyridine rings is 2. The molecule has 2 aromatic heterocycles. The lowest BCUT2D eigenvalue weighted by Gasteiger charge is -2.13. The highest BCUT2D eigenvalue weighted by molar-refractivity contribution is 5.82. The van der Waals surface area contributed by atoms with E-state index in [1.54, 1.807) is 12.4 Å². The highest BCUT2D eigenvalue weighted by Gasteiger charge is 2.14. The normalized spacial score (nSPS) is 12.6. The van der Waals surface area contributed by atoms with Gasteiger partial charge in [-0.05, 0) is 37.1 Å². The minimum atomic E-state index is -0.745. The van der Waals surface area contributed by atoms with Crippen LogP contribution < -0.4 is 0 Å². The van der Waals surface area contributed by atoms with Crippen molar-refractivity contribution in [2.45, 2.75) is 20.0 Å². The molecule has 3 rings (SSSR count). The lowest BCUT2D eigenvalue weighted by atomic mass is 10.0. The Morgan fingerprint density at radius 3 is 2.65 bits per heavy atom. The third kappa shape index (κ3) is 2.28. The van der Waals surface area contributed by atoms with E-state index in [4.69, 9.17) is 0 Å². The second kappa shape index (κ2) is 5.02. The van der Waals surface area contributed by atoms with Crippen LogP contribution >= 0.6 is 0 Å². The summed E-state index contributed by atoms with van der Waals surface area (Å²) in [6.45, 7) is 4.00. The minimum Gasteiger partial charge on any atom is -0.382 e. The van der Waals surface area contributed by atoms with Crippen molar-refractivity contribution < 1.29 is 5.11 Å². The van der Waals surface area contributed by atoms with Crippen molar-refractivity contribution in [3.8, 4) is 0 Å². The van der Waals surface area contributed by atoms with Gasteiger partial charge in [-0.25, -0.2) is 4.98 Å². The van der Waals surface area contributed by atoms with Crippen LogP contribution in [0.2, 0.25) is 0 Å². The van der Waals surface area contributed by atoms with Crippen LogP contribution in [0.1, 0.15) is 28.5 Å². The van der Waals surface area contributed by atoms with Crippen LogP contribution in [0.15, 0.2) is 48.8 Å². The summed E-state index contributed by atoms with van der Waals surface area (Å²) in [6.07, 6.45) is 2.71. The van der Waals surface area contributed by atoms with Crippen LogP contribution in [0.25, 0.3) is 10.9 Å². The summed E-state index contributed by atoms with van der Waals surface area (Å²) in [5.74, 6) is 0. The highest BCUT2D eigenvalue weighted by atomic mass is 16.3. The smallest absolute Gasteiger partial charge is 0.122 e. The Morgan fingerprint density at radius 1 is 1.05 bits per heavy atom. The molecule has 1 aromatic carbocycles. The van der Waals surface area contributed by atoms with Crippen LogP contribution in [0.4, 0.5) is 0 Å². The zero-order chi connectivity index (χ0) is 14.1. The number of hydrogen-bond donors (Lipinski definition) is 1. The van der Waals surface area contributed by atoms with Crippen molar-refractivity contribution in [3.05, 3.63) is 71.2 Å². The molecule has 0 saturated heterocycles. The molecule has 0 aliphatic rings. The van der Waals surface area contributed by atoms with Crippen LogP contribution in [0.5, 0.6) is 0 Å². The number of hydrogen-bond acceptors (Lipinski definition) is 3. The number of nitrogens with zero attached hydrogens (tertiary/aromatic N) is 2. The first-order valence-corrected chi connectivity index (χ1v) is 6.61. The molecule has 0 amide bonds. The average molecular weight is 264 g/mol. The van der Waals surface area contributed by atoms with E-state index in [-0.39, 0.29) is 0 Å². The van der Waals surface area contributed by atoms with E-state index in [0.717, 1.165) is 27.6 Å². The molecule has 100 valence electrons. The zero-order valence-corrected chi connectivity index (χ0v) is 11.5. The minimum absolute atomic E-state index is 0.661. The first-order valence-electron chi connectivity index (χ1n) is 6.61. The Labute approximate surface area is 117 Å². The van der Waals surface area contributed by atoms with Gasteiger partial charge in [0.25, 0.3) is 0 Å². The lowest BCUT2D eigenvalue weighted by molar-refractivity contribution is 0.215. The van der Waals surface area contributed by atoms with E-state index in [2.05, 4.69) is 9.97 Å². The zero-order valence-electron chi connectivity index (χ0n) is 11.5. The monoisotopic (exact) mass is 264 g/mol. The Balaban J connectivity index is 2.10. The van der Waals surface area contributed by atoms with Gasteiger partial charge in [0, 0.05) is 23.3 Å². The van der Waals surface area contributed by atoms with Gasteiger partial charge in [0.05, 0.1) is 11.2 Å². The first-order chi connectivity index (χ1) is 9.65. The summed E-state index contributed by atoms with van der Waals surface area (Å²) < 4.78 is 0. The third-order valence-electron chi connectivity index (χ3n) is 3.43. The van der Waals surface area contributed by atoms with Crippen molar-refractivity contribution in [1.82, 2.24) is 9.97 Å². The number of rotatable bonds is 2. The topological polar surface area (TPSA) is 46.0 Å². The molecule has 0 radical (unpaired) electrons. The van der Waals surface area contributed by atoms with Crippen molar-refractivity contribution in [3.63, 3.8) is 0 Å². The summed E-state index contributed by atoms with van der Waals surface area (Å²) in [5.41, 5.74) is 4.48. The van der Waals surface area contributed by atoms with Crippen molar-refractivity contribution >= 4 is 10.9 Å². The lowest BCUT2D eigenvalue weighted by Crippen LogP contribution is -2.04. The van der Waals surface area contributed by atoms with Crippen LogP contribution in [0, 0.1) is 13.8 Å². The molecule has 1 unspecified atom stereocenters. The molecule has 3 aromatic rings. The first kappa shape index (κ1) is 12.8. The average Bonchev–Trinajstić information content (AvgIpc) is 2.46. The van der Waals surface area contributed by atoms with E-state index < -0.39 is 6.10 Å². The second-order valence-corrected chi connectivity index (χ2v) is 5.08. The number of aryl methyl sites for hydroxylation is 2. The SMILES string of the molecule is Cc1cncc(C(O)c2cc(C)c3ccccc3n2)c1. The predicted molar refractivity (Wildman–Crippen MR) is 79.5 cm³/mol. The predicted octanol–water partition coefficient (Wildman–Crippen LogP) is 3.33. The Hall–Kier alpha value is -2.26. The third-order valence-corrected chi connectivity index (χ3v) is 3.43.